The van der Waals surface area contributed by atoms with Gasteiger partial charge in [0.15, 0.2) is 5.96 Å². The van der Waals surface area contributed by atoms with Crippen molar-refractivity contribution in [3.63, 3.8) is 0 Å². The van der Waals surface area contributed by atoms with Gasteiger partial charge in [0.25, 0.3) is 0 Å². The van der Waals surface area contributed by atoms with Crippen molar-refractivity contribution in [1.29, 1.82) is 0 Å². The number of rotatable bonds is 5. The minimum absolute atomic E-state index is 0. The number of fused-ring (bicyclic) bond motifs is 1. The molecule has 0 aliphatic heterocycles. The summed E-state index contributed by atoms with van der Waals surface area (Å²) in [4.78, 5) is 14.9. The fraction of sp³-hybridized carbons (Fsp3) is 0.353. The van der Waals surface area contributed by atoms with Crippen molar-refractivity contribution < 1.29 is 0 Å². The van der Waals surface area contributed by atoms with Crippen molar-refractivity contribution in [2.24, 2.45) is 4.99 Å². The van der Waals surface area contributed by atoms with Gasteiger partial charge in [0.1, 0.15) is 5.01 Å². The number of aromatic nitrogens is 2. The third-order valence-corrected chi connectivity index (χ3v) is 5.85. The van der Waals surface area contributed by atoms with Gasteiger partial charge in [-0.3, -0.25) is 0 Å². The van der Waals surface area contributed by atoms with E-state index in [0.717, 1.165) is 38.4 Å². The zero-order valence-corrected chi connectivity index (χ0v) is 19.5. The second-order valence-electron chi connectivity index (χ2n) is 5.51. The summed E-state index contributed by atoms with van der Waals surface area (Å²) in [5.74, 6) is 0.783. The number of aliphatic imine (C=N–C) groups is 1. The van der Waals surface area contributed by atoms with Crippen molar-refractivity contribution in [1.82, 2.24) is 20.6 Å². The number of hydrogen-bond donors (Lipinski definition) is 2. The van der Waals surface area contributed by atoms with E-state index in [-0.39, 0.29) is 24.0 Å². The minimum atomic E-state index is 0. The summed E-state index contributed by atoms with van der Waals surface area (Å²) >= 11 is 9.39. The number of hydrogen-bond acceptors (Lipinski definition) is 5. The van der Waals surface area contributed by atoms with Gasteiger partial charge in [-0.05, 0) is 39.0 Å². The Balaban J connectivity index is 0.00000243. The Kier molecular flexibility index (Phi) is 8.05. The molecule has 2 heterocycles. The first-order chi connectivity index (χ1) is 12.0. The highest BCUT2D eigenvalue weighted by molar-refractivity contribution is 14.0. The molecular formula is C17H21ClIN5S2. The fourth-order valence-electron chi connectivity index (χ4n) is 2.40. The van der Waals surface area contributed by atoms with E-state index in [1.54, 1.807) is 22.7 Å². The largest absolute Gasteiger partial charge is 0.357 e. The summed E-state index contributed by atoms with van der Waals surface area (Å²) in [6, 6.07) is 5.79. The fourth-order valence-corrected chi connectivity index (χ4v) is 4.31. The van der Waals surface area contributed by atoms with Crippen molar-refractivity contribution in [2.75, 3.05) is 6.54 Å². The maximum atomic E-state index is 6.03. The van der Waals surface area contributed by atoms with Crippen LogP contribution in [0.2, 0.25) is 5.02 Å². The van der Waals surface area contributed by atoms with E-state index < -0.39 is 0 Å². The van der Waals surface area contributed by atoms with Gasteiger partial charge < -0.3 is 10.6 Å². The van der Waals surface area contributed by atoms with Gasteiger partial charge in [-0.2, -0.15) is 0 Å². The molecule has 3 aromatic rings. The van der Waals surface area contributed by atoms with Crippen LogP contribution in [0, 0.1) is 13.8 Å². The molecular weight excluding hydrogens is 501 g/mol. The molecule has 0 fully saturated rings. The maximum absolute atomic E-state index is 6.03. The van der Waals surface area contributed by atoms with Crippen LogP contribution in [0.25, 0.3) is 10.2 Å². The van der Waals surface area contributed by atoms with E-state index >= 15 is 0 Å². The summed E-state index contributed by atoms with van der Waals surface area (Å²) in [6.07, 6.45) is 0. The van der Waals surface area contributed by atoms with Crippen LogP contribution in [0.5, 0.6) is 0 Å². The Morgan fingerprint density at radius 3 is 2.69 bits per heavy atom. The van der Waals surface area contributed by atoms with Crippen LogP contribution < -0.4 is 10.6 Å². The number of halogens is 2. The van der Waals surface area contributed by atoms with E-state index in [1.807, 2.05) is 32.0 Å². The van der Waals surface area contributed by atoms with Gasteiger partial charge in [0.05, 0.1) is 34.0 Å². The quantitative estimate of drug-likeness (QED) is 0.285. The normalized spacial score (nSPS) is 11.5. The molecule has 0 bridgehead atoms. The standard InChI is InChI=1S/C17H20ClN5S2.HI/c1-4-19-17(20-8-15-10(2)22-11(3)24-15)21-9-16-23-13-7-12(18)5-6-14(13)25-16;/h5-7H,4,8-9H2,1-3H3,(H2,19,20,21);1H. The number of benzene rings is 1. The van der Waals surface area contributed by atoms with Gasteiger partial charge in [0.2, 0.25) is 0 Å². The summed E-state index contributed by atoms with van der Waals surface area (Å²) in [5.41, 5.74) is 2.00. The van der Waals surface area contributed by atoms with Crippen LogP contribution in [0.4, 0.5) is 0 Å². The van der Waals surface area contributed by atoms with Gasteiger partial charge in [-0.1, -0.05) is 11.6 Å². The molecule has 0 aliphatic carbocycles. The smallest absolute Gasteiger partial charge is 0.191 e. The molecule has 2 N–H and O–H groups in total. The number of guanidine groups is 1. The SMILES string of the molecule is CCNC(=NCc1sc(C)nc1C)NCc1nc2cc(Cl)ccc2s1.I. The Bertz CT molecular complexity index is 906. The molecule has 0 radical (unpaired) electrons. The van der Waals surface area contributed by atoms with Crippen molar-refractivity contribution in [3.05, 3.63) is 43.8 Å². The first-order valence-electron chi connectivity index (χ1n) is 8.05. The van der Waals surface area contributed by atoms with Gasteiger partial charge in [-0.15, -0.1) is 46.7 Å². The highest BCUT2D eigenvalue weighted by atomic mass is 127. The molecule has 2 aromatic heterocycles. The van der Waals surface area contributed by atoms with Crippen LogP contribution in [-0.2, 0) is 13.1 Å². The Morgan fingerprint density at radius 2 is 2.00 bits per heavy atom. The molecule has 26 heavy (non-hydrogen) atoms. The Hall–Kier alpha value is -0.970. The minimum Gasteiger partial charge on any atom is -0.357 e. The van der Waals surface area contributed by atoms with Crippen LogP contribution >= 0.6 is 58.3 Å². The van der Waals surface area contributed by atoms with Crippen LogP contribution in [0.1, 0.15) is 27.5 Å². The van der Waals surface area contributed by atoms with Gasteiger partial charge in [0, 0.05) is 16.4 Å². The molecule has 0 spiro atoms. The number of thiazole rings is 2. The molecule has 0 unspecified atom stereocenters. The van der Waals surface area contributed by atoms with E-state index in [0.29, 0.717) is 18.1 Å². The third kappa shape index (κ3) is 5.51. The summed E-state index contributed by atoms with van der Waals surface area (Å²) in [7, 11) is 0. The summed E-state index contributed by atoms with van der Waals surface area (Å²) in [6.45, 7) is 8.17. The zero-order valence-electron chi connectivity index (χ0n) is 14.8. The monoisotopic (exact) mass is 521 g/mol. The zero-order chi connectivity index (χ0) is 17.8. The molecule has 3 rings (SSSR count). The van der Waals surface area contributed by atoms with E-state index in [9.17, 15) is 0 Å². The first-order valence-corrected chi connectivity index (χ1v) is 10.1. The van der Waals surface area contributed by atoms with Crippen molar-refractivity contribution in [2.45, 2.75) is 33.9 Å². The maximum Gasteiger partial charge on any atom is 0.191 e. The second-order valence-corrected chi connectivity index (χ2v) is 8.35. The average Bonchev–Trinajstić information content (AvgIpc) is 3.11. The van der Waals surface area contributed by atoms with Crippen molar-refractivity contribution >= 4 is 74.4 Å². The molecule has 0 saturated carbocycles. The molecule has 0 amide bonds. The number of aryl methyl sites for hydroxylation is 2. The lowest BCUT2D eigenvalue weighted by Gasteiger charge is -2.09. The highest BCUT2D eigenvalue weighted by Gasteiger charge is 2.07. The number of nitrogens with zero attached hydrogens (tertiary/aromatic N) is 3. The highest BCUT2D eigenvalue weighted by Crippen LogP contribution is 2.24. The van der Waals surface area contributed by atoms with Crippen LogP contribution in [0.15, 0.2) is 23.2 Å². The Labute approximate surface area is 183 Å². The van der Waals surface area contributed by atoms with Crippen LogP contribution in [0.3, 0.4) is 0 Å². The molecule has 0 saturated heterocycles. The van der Waals surface area contributed by atoms with E-state index in [2.05, 4.69) is 32.5 Å². The molecule has 1 aromatic carbocycles. The molecule has 5 nitrogen and oxygen atoms in total. The lowest BCUT2D eigenvalue weighted by Crippen LogP contribution is -2.36. The third-order valence-electron chi connectivity index (χ3n) is 3.53. The lowest BCUT2D eigenvalue weighted by molar-refractivity contribution is 0.813. The predicted molar refractivity (Wildman–Crippen MR) is 123 cm³/mol. The lowest BCUT2D eigenvalue weighted by atomic mass is 10.3. The second kappa shape index (κ2) is 9.82. The predicted octanol–water partition coefficient (Wildman–Crippen LogP) is 4.90. The van der Waals surface area contributed by atoms with Gasteiger partial charge in [-0.25, -0.2) is 15.0 Å². The molecule has 0 atom stereocenters. The summed E-state index contributed by atoms with van der Waals surface area (Å²) in [5, 5.41) is 9.41. The number of nitrogens with one attached hydrogen (secondary N) is 2. The molecule has 140 valence electrons. The average molecular weight is 522 g/mol. The first kappa shape index (κ1) is 21.3. The summed E-state index contributed by atoms with van der Waals surface area (Å²) < 4.78 is 1.14. The topological polar surface area (TPSA) is 62.2 Å². The van der Waals surface area contributed by atoms with E-state index in [4.69, 9.17) is 11.6 Å². The van der Waals surface area contributed by atoms with E-state index in [1.165, 1.54) is 4.88 Å². The Morgan fingerprint density at radius 1 is 1.19 bits per heavy atom. The van der Waals surface area contributed by atoms with Crippen molar-refractivity contribution in [3.8, 4) is 0 Å². The molecule has 0 aliphatic rings. The van der Waals surface area contributed by atoms with Crippen LogP contribution in [-0.4, -0.2) is 22.5 Å². The molecule has 9 heteroatoms. The van der Waals surface area contributed by atoms with Gasteiger partial charge >= 0.3 is 0 Å².